The summed E-state index contributed by atoms with van der Waals surface area (Å²) in [7, 11) is -3.60. The zero-order chi connectivity index (χ0) is 27.2. The molecule has 4 aromatic rings. The lowest BCUT2D eigenvalue weighted by Gasteiger charge is -2.35. The standard InChI is InChI=1S/C29H27ClN4O4S/c30-25-12-7-13-26(20-25)34-29(35)28(38-22-24-10-5-2-6-11-24)27(21-31-34)32-15-17-33(18-16-32)39(36,37)19-14-23-8-3-1-4-9-23/h1-14,19-21H,15-18,22H2/b19-14+. The van der Waals surface area contributed by atoms with Gasteiger partial charge in [0, 0.05) is 36.6 Å². The Morgan fingerprint density at radius 1 is 0.897 bits per heavy atom. The van der Waals surface area contributed by atoms with Gasteiger partial charge in [0.25, 0.3) is 0 Å². The van der Waals surface area contributed by atoms with Crippen molar-refractivity contribution in [3.63, 3.8) is 0 Å². The van der Waals surface area contributed by atoms with Gasteiger partial charge >= 0.3 is 5.56 Å². The van der Waals surface area contributed by atoms with Crippen molar-refractivity contribution in [3.8, 4) is 11.4 Å². The number of nitrogens with zero attached hydrogens (tertiary/aromatic N) is 4. The lowest BCUT2D eigenvalue weighted by atomic mass is 10.2. The van der Waals surface area contributed by atoms with E-state index < -0.39 is 15.6 Å². The molecule has 0 unspecified atom stereocenters. The normalized spacial score (nSPS) is 14.5. The molecule has 2 heterocycles. The number of rotatable bonds is 8. The molecule has 0 N–H and O–H groups in total. The van der Waals surface area contributed by atoms with E-state index in [4.69, 9.17) is 16.3 Å². The Morgan fingerprint density at radius 2 is 1.59 bits per heavy atom. The van der Waals surface area contributed by atoms with Gasteiger partial charge in [-0.25, -0.2) is 8.42 Å². The fraction of sp³-hybridized carbons (Fsp3) is 0.172. The molecular weight excluding hydrogens is 536 g/mol. The largest absolute Gasteiger partial charge is 0.481 e. The fourth-order valence-corrected chi connectivity index (χ4v) is 5.67. The van der Waals surface area contributed by atoms with Gasteiger partial charge in [0.15, 0.2) is 0 Å². The molecule has 200 valence electrons. The van der Waals surface area contributed by atoms with Crippen molar-refractivity contribution in [1.82, 2.24) is 14.1 Å². The Bertz CT molecular complexity index is 1620. The Kier molecular flexibility index (Phi) is 8.11. The highest BCUT2D eigenvalue weighted by Crippen LogP contribution is 2.27. The quantitative estimate of drug-likeness (QED) is 0.312. The van der Waals surface area contributed by atoms with Crippen molar-refractivity contribution in [1.29, 1.82) is 0 Å². The second kappa shape index (κ2) is 11.9. The SMILES string of the molecule is O=c1c(OCc2ccccc2)c(N2CCN(S(=O)(=O)/C=C/c3ccccc3)CC2)cnn1-c1cccc(Cl)c1. The minimum atomic E-state index is -3.60. The van der Waals surface area contributed by atoms with Gasteiger partial charge < -0.3 is 9.64 Å². The number of piperazine rings is 1. The molecule has 3 aromatic carbocycles. The molecule has 0 aliphatic carbocycles. The minimum Gasteiger partial charge on any atom is -0.481 e. The maximum atomic E-state index is 13.6. The van der Waals surface area contributed by atoms with Crippen LogP contribution in [0.1, 0.15) is 11.1 Å². The minimum absolute atomic E-state index is 0.147. The lowest BCUT2D eigenvalue weighted by Crippen LogP contribution is -2.48. The number of ether oxygens (including phenoxy) is 1. The maximum Gasteiger partial charge on any atom is 0.316 e. The fourth-order valence-electron chi connectivity index (χ4n) is 4.31. The van der Waals surface area contributed by atoms with Gasteiger partial charge in [-0.15, -0.1) is 0 Å². The average molecular weight is 563 g/mol. The smallest absolute Gasteiger partial charge is 0.316 e. The number of halogens is 1. The van der Waals surface area contributed by atoms with Gasteiger partial charge in [-0.3, -0.25) is 4.79 Å². The first-order valence-corrected chi connectivity index (χ1v) is 14.3. The van der Waals surface area contributed by atoms with E-state index in [1.165, 1.54) is 14.4 Å². The third-order valence-electron chi connectivity index (χ3n) is 6.36. The van der Waals surface area contributed by atoms with Crippen molar-refractivity contribution >= 4 is 33.4 Å². The number of anilines is 1. The van der Waals surface area contributed by atoms with Crippen LogP contribution in [0.25, 0.3) is 11.8 Å². The van der Waals surface area contributed by atoms with Crippen molar-refractivity contribution in [3.05, 3.63) is 123 Å². The first kappa shape index (κ1) is 26.7. The summed E-state index contributed by atoms with van der Waals surface area (Å²) in [6.07, 6.45) is 3.18. The van der Waals surface area contributed by atoms with E-state index >= 15 is 0 Å². The van der Waals surface area contributed by atoms with Crippen LogP contribution in [0, 0.1) is 0 Å². The number of benzene rings is 3. The highest BCUT2D eigenvalue weighted by Gasteiger charge is 2.28. The van der Waals surface area contributed by atoms with E-state index in [0.29, 0.717) is 29.5 Å². The third-order valence-corrected chi connectivity index (χ3v) is 8.16. The predicted octanol–water partition coefficient (Wildman–Crippen LogP) is 4.59. The van der Waals surface area contributed by atoms with Crippen molar-refractivity contribution in [2.45, 2.75) is 6.61 Å². The van der Waals surface area contributed by atoms with Crippen molar-refractivity contribution in [2.75, 3.05) is 31.1 Å². The van der Waals surface area contributed by atoms with Gasteiger partial charge in [0.2, 0.25) is 15.8 Å². The van der Waals surface area contributed by atoms with Crippen LogP contribution in [0.5, 0.6) is 5.75 Å². The molecule has 0 saturated carbocycles. The first-order valence-electron chi connectivity index (χ1n) is 12.4. The number of aromatic nitrogens is 2. The third kappa shape index (κ3) is 6.39. The molecule has 1 aliphatic heterocycles. The summed E-state index contributed by atoms with van der Waals surface area (Å²) in [6, 6.07) is 25.7. The lowest BCUT2D eigenvalue weighted by molar-refractivity contribution is 0.298. The van der Waals surface area contributed by atoms with Crippen molar-refractivity contribution < 1.29 is 13.2 Å². The molecule has 1 aromatic heterocycles. The summed E-state index contributed by atoms with van der Waals surface area (Å²) in [5.41, 5.74) is 2.34. The van der Waals surface area contributed by atoms with Crippen LogP contribution in [0.4, 0.5) is 5.69 Å². The molecule has 0 spiro atoms. The Morgan fingerprint density at radius 3 is 2.28 bits per heavy atom. The van der Waals surface area contributed by atoms with E-state index in [2.05, 4.69) is 5.10 Å². The zero-order valence-corrected chi connectivity index (χ0v) is 22.6. The summed E-state index contributed by atoms with van der Waals surface area (Å²) in [5.74, 6) is 0.147. The zero-order valence-electron chi connectivity index (χ0n) is 21.1. The van der Waals surface area contributed by atoms with Crippen LogP contribution in [0.2, 0.25) is 5.02 Å². The summed E-state index contributed by atoms with van der Waals surface area (Å²) >= 11 is 6.15. The number of hydrogen-bond acceptors (Lipinski definition) is 6. The number of hydrogen-bond donors (Lipinski definition) is 0. The molecule has 0 radical (unpaired) electrons. The molecular formula is C29H27ClN4O4S. The summed E-state index contributed by atoms with van der Waals surface area (Å²) < 4.78 is 34.6. The van der Waals surface area contributed by atoms with Gasteiger partial charge in [0.1, 0.15) is 12.3 Å². The first-order chi connectivity index (χ1) is 18.9. The molecule has 0 amide bonds. The van der Waals surface area contributed by atoms with Gasteiger partial charge in [-0.2, -0.15) is 14.1 Å². The van der Waals surface area contributed by atoms with Crippen LogP contribution in [-0.4, -0.2) is 48.7 Å². The molecule has 8 nitrogen and oxygen atoms in total. The molecule has 1 saturated heterocycles. The summed E-state index contributed by atoms with van der Waals surface area (Å²) in [5, 5.41) is 6.11. The van der Waals surface area contributed by atoms with Crippen LogP contribution in [0.3, 0.4) is 0 Å². The van der Waals surface area contributed by atoms with Crippen LogP contribution < -0.4 is 15.2 Å². The summed E-state index contributed by atoms with van der Waals surface area (Å²) in [6.45, 7) is 1.47. The van der Waals surface area contributed by atoms with Gasteiger partial charge in [0.05, 0.1) is 11.9 Å². The van der Waals surface area contributed by atoms with Crippen molar-refractivity contribution in [2.24, 2.45) is 0 Å². The molecule has 39 heavy (non-hydrogen) atoms. The Balaban J connectivity index is 1.38. The molecule has 1 aliphatic rings. The van der Waals surface area contributed by atoms with Crippen LogP contribution in [0.15, 0.2) is 101 Å². The second-order valence-corrected chi connectivity index (χ2v) is 11.2. The van der Waals surface area contributed by atoms with Crippen LogP contribution >= 0.6 is 11.6 Å². The molecule has 5 rings (SSSR count). The molecule has 1 fully saturated rings. The van der Waals surface area contributed by atoms with Crippen LogP contribution in [-0.2, 0) is 16.6 Å². The summed E-state index contributed by atoms with van der Waals surface area (Å²) in [4.78, 5) is 15.5. The van der Waals surface area contributed by atoms with E-state index in [1.54, 1.807) is 36.5 Å². The average Bonchev–Trinajstić information content (AvgIpc) is 2.96. The monoisotopic (exact) mass is 562 g/mol. The van der Waals surface area contributed by atoms with E-state index in [9.17, 15) is 13.2 Å². The van der Waals surface area contributed by atoms with E-state index in [0.717, 1.165) is 11.1 Å². The maximum absolute atomic E-state index is 13.6. The molecule has 0 atom stereocenters. The van der Waals surface area contributed by atoms with E-state index in [1.807, 2.05) is 65.6 Å². The second-order valence-electron chi connectivity index (χ2n) is 8.97. The van der Waals surface area contributed by atoms with E-state index in [-0.39, 0.29) is 25.4 Å². The van der Waals surface area contributed by atoms with Gasteiger partial charge in [-0.1, -0.05) is 78.3 Å². The topological polar surface area (TPSA) is 84.7 Å². The predicted molar refractivity (Wildman–Crippen MR) is 154 cm³/mol. The van der Waals surface area contributed by atoms with Gasteiger partial charge in [-0.05, 0) is 35.4 Å². The Hall–Kier alpha value is -3.92. The highest BCUT2D eigenvalue weighted by molar-refractivity contribution is 7.92. The molecule has 0 bridgehead atoms. The number of sulfonamides is 1. The Labute approximate surface area is 232 Å². The molecule has 10 heteroatoms. The highest BCUT2D eigenvalue weighted by atomic mass is 35.5.